The Morgan fingerprint density at radius 1 is 1.29 bits per heavy atom. The second-order valence-electron chi connectivity index (χ2n) is 3.33. The van der Waals surface area contributed by atoms with Crippen LogP contribution in [0.25, 0.3) is 0 Å². The maximum Gasteiger partial charge on any atom is 0.268 e. The summed E-state index contributed by atoms with van der Waals surface area (Å²) < 4.78 is 10.6. The monoisotopic (exact) mass is 232 g/mol. The van der Waals surface area contributed by atoms with Crippen molar-refractivity contribution in [2.45, 2.75) is 6.61 Å². The lowest BCUT2D eigenvalue weighted by atomic mass is 10.2. The van der Waals surface area contributed by atoms with Crippen molar-refractivity contribution < 1.29 is 13.9 Å². The van der Waals surface area contributed by atoms with Gasteiger partial charge in [0, 0.05) is 0 Å². The van der Waals surface area contributed by atoms with Crippen LogP contribution in [0.5, 0.6) is 5.75 Å². The Balaban J connectivity index is 2.05. The summed E-state index contributed by atoms with van der Waals surface area (Å²) in [6.07, 6.45) is 1.42. The van der Waals surface area contributed by atoms with Crippen LogP contribution in [-0.2, 0) is 6.61 Å². The third kappa shape index (κ3) is 2.64. The van der Waals surface area contributed by atoms with Crippen LogP contribution in [0, 0.1) is 0 Å². The normalized spacial score (nSPS) is 9.94. The molecule has 0 unspecified atom stereocenters. The van der Waals surface area contributed by atoms with Crippen LogP contribution in [-0.4, -0.2) is 5.91 Å². The molecule has 2 aromatic rings. The van der Waals surface area contributed by atoms with Gasteiger partial charge in [-0.05, 0) is 18.2 Å². The largest absolute Gasteiger partial charge is 0.486 e. The fourth-order valence-corrected chi connectivity index (χ4v) is 1.40. The number of para-hydroxylation sites is 1. The molecule has 0 aliphatic heterocycles. The van der Waals surface area contributed by atoms with Crippen molar-refractivity contribution in [1.82, 2.24) is 5.43 Å². The number of hydrazine groups is 1. The fourth-order valence-electron chi connectivity index (χ4n) is 1.40. The molecule has 5 heteroatoms. The molecule has 1 heterocycles. The molecule has 0 spiro atoms. The van der Waals surface area contributed by atoms with Crippen molar-refractivity contribution in [1.29, 1.82) is 0 Å². The zero-order chi connectivity index (χ0) is 12.1. The van der Waals surface area contributed by atoms with Crippen molar-refractivity contribution in [3.05, 3.63) is 54.0 Å². The van der Waals surface area contributed by atoms with Gasteiger partial charge in [0.1, 0.15) is 12.4 Å². The first-order valence-corrected chi connectivity index (χ1v) is 5.06. The van der Waals surface area contributed by atoms with Gasteiger partial charge in [-0.25, -0.2) is 5.84 Å². The van der Waals surface area contributed by atoms with Crippen molar-refractivity contribution in [2.24, 2.45) is 5.84 Å². The van der Waals surface area contributed by atoms with Gasteiger partial charge in [0.25, 0.3) is 5.91 Å². The number of ether oxygens (including phenoxy) is 1. The van der Waals surface area contributed by atoms with Crippen molar-refractivity contribution in [3.63, 3.8) is 0 Å². The molecule has 0 aliphatic rings. The number of nitrogen functional groups attached to an aromatic ring is 1. The highest BCUT2D eigenvalue weighted by molar-refractivity contribution is 5.94. The molecule has 1 aromatic heterocycles. The standard InChI is InChI=1S/C12H12N2O3/c13-14-12(15)10-6-7-16-11(10)8-17-9-4-2-1-3-5-9/h1-7H,8,13H2,(H,14,15). The molecule has 88 valence electrons. The Morgan fingerprint density at radius 2 is 2.06 bits per heavy atom. The lowest BCUT2D eigenvalue weighted by molar-refractivity contribution is 0.0949. The number of rotatable bonds is 4. The molecule has 0 aliphatic carbocycles. The Morgan fingerprint density at radius 3 is 2.76 bits per heavy atom. The molecule has 0 saturated heterocycles. The predicted molar refractivity (Wildman–Crippen MR) is 61.1 cm³/mol. The van der Waals surface area contributed by atoms with Crippen LogP contribution < -0.4 is 16.0 Å². The molecule has 3 N–H and O–H groups in total. The summed E-state index contributed by atoms with van der Waals surface area (Å²) in [6, 6.07) is 10.8. The molecule has 0 atom stereocenters. The first-order valence-electron chi connectivity index (χ1n) is 5.06. The van der Waals surface area contributed by atoms with Gasteiger partial charge in [-0.2, -0.15) is 0 Å². The topological polar surface area (TPSA) is 77.5 Å². The molecule has 1 amide bonds. The highest BCUT2D eigenvalue weighted by Gasteiger charge is 2.13. The second-order valence-corrected chi connectivity index (χ2v) is 3.33. The third-order valence-electron chi connectivity index (χ3n) is 2.23. The van der Waals surface area contributed by atoms with E-state index < -0.39 is 5.91 Å². The molecule has 1 aromatic carbocycles. The summed E-state index contributed by atoms with van der Waals surface area (Å²) in [4.78, 5) is 11.4. The third-order valence-corrected chi connectivity index (χ3v) is 2.23. The Hall–Kier alpha value is -2.27. The van der Waals surface area contributed by atoms with Crippen molar-refractivity contribution in [3.8, 4) is 5.75 Å². The van der Waals surface area contributed by atoms with Crippen LogP contribution in [0.1, 0.15) is 16.1 Å². The first kappa shape index (κ1) is 11.2. The Bertz CT molecular complexity index is 493. The highest BCUT2D eigenvalue weighted by Crippen LogP contribution is 2.15. The van der Waals surface area contributed by atoms with Crippen molar-refractivity contribution in [2.75, 3.05) is 0 Å². The highest BCUT2D eigenvalue weighted by atomic mass is 16.5. The van der Waals surface area contributed by atoms with Gasteiger partial charge in [0.05, 0.1) is 11.8 Å². The lowest BCUT2D eigenvalue weighted by Gasteiger charge is -2.05. The Kier molecular flexibility index (Phi) is 3.42. The second kappa shape index (κ2) is 5.18. The average molecular weight is 232 g/mol. The maximum atomic E-state index is 11.4. The number of hydrogen-bond acceptors (Lipinski definition) is 4. The van der Waals surface area contributed by atoms with E-state index in [1.165, 1.54) is 6.26 Å². The van der Waals surface area contributed by atoms with Gasteiger partial charge >= 0.3 is 0 Å². The molecule has 0 radical (unpaired) electrons. The van der Waals surface area contributed by atoms with E-state index in [0.29, 0.717) is 17.1 Å². The lowest BCUT2D eigenvalue weighted by Crippen LogP contribution is -2.30. The number of hydrogen-bond donors (Lipinski definition) is 2. The fraction of sp³-hybridized carbons (Fsp3) is 0.0833. The van der Waals surface area contributed by atoms with Crippen LogP contribution in [0.3, 0.4) is 0 Å². The number of amides is 1. The van der Waals surface area contributed by atoms with Gasteiger partial charge in [-0.3, -0.25) is 10.2 Å². The van der Waals surface area contributed by atoms with E-state index in [0.717, 1.165) is 0 Å². The zero-order valence-corrected chi connectivity index (χ0v) is 9.05. The van der Waals surface area contributed by atoms with Gasteiger partial charge in [0.2, 0.25) is 0 Å². The number of nitrogens with two attached hydrogens (primary N) is 1. The number of furan rings is 1. The van der Waals surface area contributed by atoms with Crippen LogP contribution in [0.4, 0.5) is 0 Å². The quantitative estimate of drug-likeness (QED) is 0.475. The van der Waals surface area contributed by atoms with Crippen LogP contribution in [0.2, 0.25) is 0 Å². The number of benzene rings is 1. The minimum Gasteiger partial charge on any atom is -0.486 e. The summed E-state index contributed by atoms with van der Waals surface area (Å²) in [6.45, 7) is 0.180. The van der Waals surface area contributed by atoms with E-state index in [4.69, 9.17) is 15.0 Å². The molecular weight excluding hydrogens is 220 g/mol. The van der Waals surface area contributed by atoms with E-state index in [9.17, 15) is 4.79 Å². The van der Waals surface area contributed by atoms with E-state index in [2.05, 4.69) is 5.43 Å². The molecule has 0 fully saturated rings. The van der Waals surface area contributed by atoms with E-state index in [1.54, 1.807) is 6.07 Å². The number of carbonyl (C=O) groups excluding carboxylic acids is 1. The van der Waals surface area contributed by atoms with Gasteiger partial charge < -0.3 is 9.15 Å². The van der Waals surface area contributed by atoms with E-state index in [1.807, 2.05) is 30.3 Å². The van der Waals surface area contributed by atoms with Crippen LogP contribution >= 0.6 is 0 Å². The van der Waals surface area contributed by atoms with Gasteiger partial charge in [0.15, 0.2) is 5.76 Å². The molecular formula is C12H12N2O3. The molecule has 0 saturated carbocycles. The van der Waals surface area contributed by atoms with Crippen molar-refractivity contribution >= 4 is 5.91 Å². The molecule has 0 bridgehead atoms. The van der Waals surface area contributed by atoms with E-state index in [-0.39, 0.29) is 6.61 Å². The molecule has 2 rings (SSSR count). The maximum absolute atomic E-state index is 11.4. The first-order chi connectivity index (χ1) is 8.31. The molecule has 17 heavy (non-hydrogen) atoms. The summed E-state index contributed by atoms with van der Waals surface area (Å²) >= 11 is 0. The Labute approximate surface area is 98.1 Å². The average Bonchev–Trinajstić information content (AvgIpc) is 2.85. The van der Waals surface area contributed by atoms with E-state index >= 15 is 0 Å². The smallest absolute Gasteiger partial charge is 0.268 e. The minimum atomic E-state index is -0.398. The number of nitrogens with one attached hydrogen (secondary N) is 1. The minimum absolute atomic E-state index is 0.180. The predicted octanol–water partition coefficient (Wildman–Crippen LogP) is 1.46. The summed E-state index contributed by atoms with van der Waals surface area (Å²) in [5.41, 5.74) is 2.43. The summed E-state index contributed by atoms with van der Waals surface area (Å²) in [5.74, 6) is 5.81. The summed E-state index contributed by atoms with van der Waals surface area (Å²) in [5, 5.41) is 0. The van der Waals surface area contributed by atoms with Gasteiger partial charge in [-0.1, -0.05) is 18.2 Å². The molecule has 5 nitrogen and oxygen atoms in total. The summed E-state index contributed by atoms with van der Waals surface area (Å²) in [7, 11) is 0. The zero-order valence-electron chi connectivity index (χ0n) is 9.05. The van der Waals surface area contributed by atoms with Crippen LogP contribution in [0.15, 0.2) is 47.1 Å². The SMILES string of the molecule is NNC(=O)c1ccoc1COc1ccccc1. The number of carbonyl (C=O) groups is 1. The van der Waals surface area contributed by atoms with Gasteiger partial charge in [-0.15, -0.1) is 0 Å².